The largest absolute Gasteiger partial charge is 0.331 e. The third-order valence-corrected chi connectivity index (χ3v) is 4.90. The van der Waals surface area contributed by atoms with E-state index in [0.717, 1.165) is 18.4 Å². The molecule has 0 aromatic heterocycles. The molecule has 21 heavy (non-hydrogen) atoms. The van der Waals surface area contributed by atoms with Gasteiger partial charge < -0.3 is 9.80 Å². The first-order valence-corrected chi connectivity index (χ1v) is 7.81. The Hall–Kier alpha value is -1.26. The molecule has 0 spiro atoms. The van der Waals surface area contributed by atoms with Crippen molar-refractivity contribution in [1.29, 1.82) is 0 Å². The molecule has 2 fully saturated rings. The van der Waals surface area contributed by atoms with Crippen LogP contribution in [0.5, 0.6) is 0 Å². The molecule has 0 saturated carbocycles. The van der Waals surface area contributed by atoms with Gasteiger partial charge in [-0.1, -0.05) is 23.2 Å². The summed E-state index contributed by atoms with van der Waals surface area (Å²) in [6, 6.07) is 3.12. The smallest absolute Gasteiger partial charge is 0.249 e. The summed E-state index contributed by atoms with van der Waals surface area (Å²) in [5.41, 5.74) is 1.46. The summed E-state index contributed by atoms with van der Waals surface area (Å²) in [6.45, 7) is 2.89. The van der Waals surface area contributed by atoms with Crippen molar-refractivity contribution >= 4 is 40.7 Å². The number of hydrogen-bond acceptors (Lipinski definition) is 2. The van der Waals surface area contributed by atoms with Crippen LogP contribution in [0.3, 0.4) is 0 Å². The molecule has 2 aliphatic heterocycles. The maximum atomic E-state index is 12.8. The second-order valence-electron chi connectivity index (χ2n) is 5.54. The average Bonchev–Trinajstić information content (AvgIpc) is 2.89. The summed E-state index contributed by atoms with van der Waals surface area (Å²) >= 11 is 12.4. The fraction of sp³-hybridized carbons (Fsp3) is 0.467. The highest BCUT2D eigenvalue weighted by Gasteiger charge is 2.40. The lowest BCUT2D eigenvalue weighted by Gasteiger charge is -2.26. The van der Waals surface area contributed by atoms with E-state index in [0.29, 0.717) is 35.2 Å². The zero-order valence-corrected chi connectivity index (χ0v) is 13.2. The zero-order valence-electron chi connectivity index (χ0n) is 11.7. The number of hydrogen-bond donors (Lipinski definition) is 0. The second kappa shape index (κ2) is 5.50. The molecule has 2 aliphatic rings. The molecule has 2 amide bonds. The number of amides is 2. The summed E-state index contributed by atoms with van der Waals surface area (Å²) in [7, 11) is 0. The Bertz CT molecular complexity index is 618. The normalized spacial score (nSPS) is 22.5. The van der Waals surface area contributed by atoms with Crippen LogP contribution < -0.4 is 4.90 Å². The predicted molar refractivity (Wildman–Crippen MR) is 82.9 cm³/mol. The molecule has 6 heteroatoms. The molecule has 0 N–H and O–H groups in total. The highest BCUT2D eigenvalue weighted by Crippen LogP contribution is 2.34. The Morgan fingerprint density at radius 3 is 2.67 bits per heavy atom. The van der Waals surface area contributed by atoms with Gasteiger partial charge in [-0.05, 0) is 37.5 Å². The monoisotopic (exact) mass is 326 g/mol. The second-order valence-corrected chi connectivity index (χ2v) is 6.35. The third kappa shape index (κ3) is 2.51. The van der Waals surface area contributed by atoms with E-state index in [2.05, 4.69) is 0 Å². The number of aryl methyl sites for hydroxylation is 1. The number of carbonyl (C=O) groups excluding carboxylic acids is 2. The highest BCUT2D eigenvalue weighted by atomic mass is 35.5. The van der Waals surface area contributed by atoms with Crippen LogP contribution in [0, 0.1) is 6.92 Å². The Morgan fingerprint density at radius 2 is 1.90 bits per heavy atom. The number of anilines is 1. The minimum absolute atomic E-state index is 0.0441. The predicted octanol–water partition coefficient (Wildman–Crippen LogP) is 3.03. The molecule has 0 bridgehead atoms. The number of halogens is 2. The number of benzene rings is 1. The van der Waals surface area contributed by atoms with Gasteiger partial charge in [-0.25, -0.2) is 0 Å². The van der Waals surface area contributed by atoms with Crippen LogP contribution in [-0.4, -0.2) is 35.8 Å². The van der Waals surface area contributed by atoms with E-state index in [1.165, 1.54) is 0 Å². The van der Waals surface area contributed by atoms with Gasteiger partial charge in [0.2, 0.25) is 11.8 Å². The highest BCUT2D eigenvalue weighted by molar-refractivity contribution is 6.36. The number of carbonyl (C=O) groups is 2. The summed E-state index contributed by atoms with van der Waals surface area (Å²) in [6.07, 6.45) is 1.92. The zero-order chi connectivity index (χ0) is 15.1. The van der Waals surface area contributed by atoms with E-state index in [1.54, 1.807) is 21.9 Å². The lowest BCUT2D eigenvalue weighted by atomic mass is 10.1. The van der Waals surface area contributed by atoms with Gasteiger partial charge in [-0.3, -0.25) is 9.59 Å². The van der Waals surface area contributed by atoms with Crippen LogP contribution in [0.4, 0.5) is 5.69 Å². The van der Waals surface area contributed by atoms with Gasteiger partial charge in [-0.15, -0.1) is 0 Å². The third-order valence-electron chi connectivity index (χ3n) is 4.19. The van der Waals surface area contributed by atoms with Crippen LogP contribution in [0.15, 0.2) is 12.1 Å². The lowest BCUT2D eigenvalue weighted by Crippen LogP contribution is -2.43. The molecule has 1 atom stereocenters. The van der Waals surface area contributed by atoms with Crippen molar-refractivity contribution in [3.05, 3.63) is 27.7 Å². The van der Waals surface area contributed by atoms with Crippen LogP contribution in [-0.2, 0) is 9.59 Å². The van der Waals surface area contributed by atoms with Crippen LogP contribution in [0.2, 0.25) is 10.0 Å². The minimum atomic E-state index is -0.351. The fourth-order valence-corrected chi connectivity index (χ4v) is 3.52. The molecular formula is C15H16Cl2N2O2. The molecule has 0 radical (unpaired) electrons. The Labute approximate surface area is 133 Å². The van der Waals surface area contributed by atoms with E-state index >= 15 is 0 Å². The maximum Gasteiger partial charge on any atom is 0.249 e. The Balaban J connectivity index is 2.00. The molecule has 2 saturated heterocycles. The van der Waals surface area contributed by atoms with E-state index in [-0.39, 0.29) is 17.9 Å². The Morgan fingerprint density at radius 1 is 1.14 bits per heavy atom. The average molecular weight is 327 g/mol. The van der Waals surface area contributed by atoms with E-state index in [9.17, 15) is 9.59 Å². The lowest BCUT2D eigenvalue weighted by molar-refractivity contribution is -0.135. The van der Waals surface area contributed by atoms with Crippen molar-refractivity contribution in [2.45, 2.75) is 32.2 Å². The van der Waals surface area contributed by atoms with Crippen molar-refractivity contribution in [3.63, 3.8) is 0 Å². The fourth-order valence-electron chi connectivity index (χ4n) is 3.04. The van der Waals surface area contributed by atoms with Gasteiger partial charge in [-0.2, -0.15) is 0 Å². The van der Waals surface area contributed by atoms with Gasteiger partial charge in [0.05, 0.1) is 10.7 Å². The Kier molecular flexibility index (Phi) is 3.84. The van der Waals surface area contributed by atoms with Gasteiger partial charge >= 0.3 is 0 Å². The van der Waals surface area contributed by atoms with Gasteiger partial charge in [0.15, 0.2) is 0 Å². The van der Waals surface area contributed by atoms with E-state index in [1.807, 2.05) is 6.92 Å². The van der Waals surface area contributed by atoms with Crippen molar-refractivity contribution < 1.29 is 9.59 Å². The summed E-state index contributed by atoms with van der Waals surface area (Å²) in [4.78, 5) is 28.2. The molecule has 1 aromatic carbocycles. The first-order valence-electron chi connectivity index (χ1n) is 7.05. The molecule has 1 unspecified atom stereocenters. The summed E-state index contributed by atoms with van der Waals surface area (Å²) < 4.78 is 0. The SMILES string of the molecule is Cc1cc(Cl)c(N2CCC(=O)N3CCCC3C2=O)cc1Cl. The van der Waals surface area contributed by atoms with Crippen LogP contribution in [0.1, 0.15) is 24.8 Å². The first-order chi connectivity index (χ1) is 9.99. The molecule has 3 rings (SSSR count). The number of fused-ring (bicyclic) bond motifs is 1. The van der Waals surface area contributed by atoms with E-state index in [4.69, 9.17) is 23.2 Å². The quantitative estimate of drug-likeness (QED) is 0.795. The number of nitrogens with zero attached hydrogens (tertiary/aromatic N) is 2. The first kappa shape index (κ1) is 14.7. The molecule has 1 aromatic rings. The molecule has 4 nitrogen and oxygen atoms in total. The summed E-state index contributed by atoms with van der Waals surface area (Å²) in [5.74, 6) is -0.0112. The van der Waals surface area contributed by atoms with Crippen molar-refractivity contribution in [2.75, 3.05) is 18.0 Å². The molecule has 0 aliphatic carbocycles. The van der Waals surface area contributed by atoms with Gasteiger partial charge in [0.1, 0.15) is 6.04 Å². The van der Waals surface area contributed by atoms with E-state index < -0.39 is 0 Å². The molecule has 2 heterocycles. The van der Waals surface area contributed by atoms with Crippen molar-refractivity contribution in [3.8, 4) is 0 Å². The standard InChI is InChI=1S/C15H16Cl2N2O2/c1-9-7-11(17)13(8-10(9)16)19-6-4-14(20)18-5-2-3-12(18)15(19)21/h7-8,12H,2-6H2,1H3. The van der Waals surface area contributed by atoms with Crippen LogP contribution >= 0.6 is 23.2 Å². The number of rotatable bonds is 1. The van der Waals surface area contributed by atoms with Gasteiger partial charge in [0, 0.05) is 24.5 Å². The van der Waals surface area contributed by atoms with Crippen LogP contribution in [0.25, 0.3) is 0 Å². The molecule has 112 valence electrons. The topological polar surface area (TPSA) is 40.6 Å². The van der Waals surface area contributed by atoms with Gasteiger partial charge in [0.25, 0.3) is 0 Å². The molecular weight excluding hydrogens is 311 g/mol. The minimum Gasteiger partial charge on any atom is -0.331 e. The van der Waals surface area contributed by atoms with Crippen molar-refractivity contribution in [2.24, 2.45) is 0 Å². The van der Waals surface area contributed by atoms with Crippen molar-refractivity contribution in [1.82, 2.24) is 4.90 Å². The summed E-state index contributed by atoms with van der Waals surface area (Å²) in [5, 5.41) is 1.06. The maximum absolute atomic E-state index is 12.8.